The van der Waals surface area contributed by atoms with Crippen LogP contribution in [0.2, 0.25) is 10.0 Å². The van der Waals surface area contributed by atoms with Gasteiger partial charge in [-0.3, -0.25) is 14.9 Å². The van der Waals surface area contributed by atoms with E-state index in [0.717, 1.165) is 6.07 Å². The smallest absolute Gasteiger partial charge is 0.286 e. The SMILES string of the molecule is CCOc1cc([N+](=O)[O-])c(C(=O)Nc2ccnn2Cc2c(Cl)cccc2Cl)cc1OC. The summed E-state index contributed by atoms with van der Waals surface area (Å²) in [6.45, 7) is 2.21. The molecule has 1 amide bonds. The van der Waals surface area contributed by atoms with Crippen LogP contribution in [0.1, 0.15) is 22.8 Å². The minimum atomic E-state index is -0.708. The summed E-state index contributed by atoms with van der Waals surface area (Å²) >= 11 is 12.4. The number of nitrogens with zero attached hydrogens (tertiary/aromatic N) is 3. The zero-order valence-corrected chi connectivity index (χ0v) is 18.1. The molecule has 0 aliphatic rings. The summed E-state index contributed by atoms with van der Waals surface area (Å²) in [7, 11) is 1.38. The summed E-state index contributed by atoms with van der Waals surface area (Å²) in [5, 5.41) is 19.3. The van der Waals surface area contributed by atoms with Crippen LogP contribution in [0.15, 0.2) is 42.6 Å². The van der Waals surface area contributed by atoms with Crippen LogP contribution in [0, 0.1) is 10.1 Å². The van der Waals surface area contributed by atoms with Gasteiger partial charge < -0.3 is 14.8 Å². The maximum Gasteiger partial charge on any atom is 0.286 e. The van der Waals surface area contributed by atoms with E-state index in [2.05, 4.69) is 10.4 Å². The number of rotatable bonds is 8. The summed E-state index contributed by atoms with van der Waals surface area (Å²) in [5.74, 6) is -0.0243. The molecule has 0 aliphatic carbocycles. The number of carbonyl (C=O) groups excluding carboxylic acids is 1. The first-order chi connectivity index (χ1) is 14.8. The van der Waals surface area contributed by atoms with E-state index in [1.165, 1.54) is 24.1 Å². The van der Waals surface area contributed by atoms with Crippen LogP contribution >= 0.6 is 23.2 Å². The molecule has 0 radical (unpaired) electrons. The maximum absolute atomic E-state index is 12.9. The van der Waals surface area contributed by atoms with Gasteiger partial charge in [0.1, 0.15) is 11.4 Å². The number of amides is 1. The molecule has 162 valence electrons. The number of nitrogens with one attached hydrogen (secondary N) is 1. The zero-order chi connectivity index (χ0) is 22.5. The molecule has 0 unspecified atom stereocenters. The second kappa shape index (κ2) is 9.67. The van der Waals surface area contributed by atoms with Crippen LogP contribution in [0.5, 0.6) is 11.5 Å². The fraction of sp³-hybridized carbons (Fsp3) is 0.200. The summed E-state index contributed by atoms with van der Waals surface area (Å²) < 4.78 is 12.1. The number of methoxy groups -OCH3 is 1. The van der Waals surface area contributed by atoms with Crippen molar-refractivity contribution in [3.05, 3.63) is 73.9 Å². The molecule has 9 nitrogen and oxygen atoms in total. The minimum absolute atomic E-state index is 0.173. The monoisotopic (exact) mass is 464 g/mol. The van der Waals surface area contributed by atoms with E-state index < -0.39 is 16.5 Å². The quantitative estimate of drug-likeness (QED) is 0.378. The molecular weight excluding hydrogens is 447 g/mol. The van der Waals surface area contributed by atoms with E-state index in [9.17, 15) is 14.9 Å². The fourth-order valence-corrected chi connectivity index (χ4v) is 3.41. The lowest BCUT2D eigenvalue weighted by Crippen LogP contribution is -2.18. The first-order valence-corrected chi connectivity index (χ1v) is 9.86. The first kappa shape index (κ1) is 22.4. The van der Waals surface area contributed by atoms with E-state index >= 15 is 0 Å². The Morgan fingerprint density at radius 2 is 1.94 bits per heavy atom. The molecule has 3 rings (SSSR count). The number of aromatic nitrogens is 2. The lowest BCUT2D eigenvalue weighted by molar-refractivity contribution is -0.385. The molecule has 11 heteroatoms. The van der Waals surface area contributed by atoms with Gasteiger partial charge in [-0.25, -0.2) is 4.68 Å². The van der Waals surface area contributed by atoms with Gasteiger partial charge in [-0.1, -0.05) is 29.3 Å². The molecular formula is C20H18Cl2N4O5. The third-order valence-corrected chi connectivity index (χ3v) is 5.06. The number of ether oxygens (including phenoxy) is 2. The predicted octanol–water partition coefficient (Wildman–Crippen LogP) is 4.81. The maximum atomic E-state index is 12.9. The van der Waals surface area contributed by atoms with E-state index in [-0.39, 0.29) is 30.2 Å². The van der Waals surface area contributed by atoms with E-state index in [0.29, 0.717) is 21.4 Å². The minimum Gasteiger partial charge on any atom is -0.493 e. The molecule has 0 aliphatic heterocycles. The van der Waals surface area contributed by atoms with Crippen molar-refractivity contribution >= 4 is 40.6 Å². The van der Waals surface area contributed by atoms with Gasteiger partial charge in [0.25, 0.3) is 11.6 Å². The molecule has 0 saturated carbocycles. The number of carbonyl (C=O) groups is 1. The van der Waals surface area contributed by atoms with E-state index in [4.69, 9.17) is 32.7 Å². The molecule has 0 saturated heterocycles. The Balaban J connectivity index is 1.92. The van der Waals surface area contributed by atoms with Crippen LogP contribution in [0.25, 0.3) is 0 Å². The highest BCUT2D eigenvalue weighted by atomic mass is 35.5. The third-order valence-electron chi connectivity index (χ3n) is 4.35. The molecule has 1 heterocycles. The number of nitro benzene ring substituents is 1. The Bertz CT molecular complexity index is 1110. The summed E-state index contributed by atoms with van der Waals surface area (Å²) in [6.07, 6.45) is 1.48. The van der Waals surface area contributed by atoms with Crippen molar-refractivity contribution in [3.63, 3.8) is 0 Å². The molecule has 31 heavy (non-hydrogen) atoms. The van der Waals surface area contributed by atoms with Crippen LogP contribution in [-0.2, 0) is 6.54 Å². The van der Waals surface area contributed by atoms with Crippen molar-refractivity contribution in [1.82, 2.24) is 9.78 Å². The van der Waals surface area contributed by atoms with Gasteiger partial charge in [-0.2, -0.15) is 5.10 Å². The lowest BCUT2D eigenvalue weighted by atomic mass is 10.1. The molecule has 1 aromatic heterocycles. The molecule has 3 aromatic rings. The molecule has 0 atom stereocenters. The van der Waals surface area contributed by atoms with Gasteiger partial charge in [0.15, 0.2) is 11.5 Å². The Kier molecular flexibility index (Phi) is 6.98. The second-order valence-electron chi connectivity index (χ2n) is 6.24. The Labute approximate surface area is 187 Å². The number of benzene rings is 2. The number of halogens is 2. The third kappa shape index (κ3) is 4.89. The van der Waals surface area contributed by atoms with Crippen molar-refractivity contribution < 1.29 is 19.2 Å². The van der Waals surface area contributed by atoms with E-state index in [1.807, 2.05) is 0 Å². The summed E-state index contributed by atoms with van der Waals surface area (Å²) in [5.41, 5.74) is 0.0227. The summed E-state index contributed by atoms with van der Waals surface area (Å²) in [4.78, 5) is 23.8. The lowest BCUT2D eigenvalue weighted by Gasteiger charge is -2.13. The molecule has 1 N–H and O–H groups in total. The van der Waals surface area contributed by atoms with Crippen LogP contribution in [-0.4, -0.2) is 34.3 Å². The number of hydrogen-bond acceptors (Lipinski definition) is 6. The van der Waals surface area contributed by atoms with Crippen molar-refractivity contribution in [2.75, 3.05) is 19.0 Å². The molecule has 0 bridgehead atoms. The zero-order valence-electron chi connectivity index (χ0n) is 16.6. The van der Waals surface area contributed by atoms with Gasteiger partial charge >= 0.3 is 0 Å². The van der Waals surface area contributed by atoms with Crippen LogP contribution in [0.4, 0.5) is 11.5 Å². The highest BCUT2D eigenvalue weighted by Gasteiger charge is 2.25. The average molecular weight is 465 g/mol. The molecule has 0 fully saturated rings. The predicted molar refractivity (Wildman–Crippen MR) is 117 cm³/mol. The van der Waals surface area contributed by atoms with Crippen molar-refractivity contribution in [2.45, 2.75) is 13.5 Å². The Hall–Kier alpha value is -3.30. The largest absolute Gasteiger partial charge is 0.493 e. The van der Waals surface area contributed by atoms with Gasteiger partial charge in [-0.05, 0) is 19.1 Å². The highest BCUT2D eigenvalue weighted by Crippen LogP contribution is 2.35. The summed E-state index contributed by atoms with van der Waals surface area (Å²) in [6, 6.07) is 9.10. The van der Waals surface area contributed by atoms with E-state index in [1.54, 1.807) is 31.2 Å². The normalized spacial score (nSPS) is 10.6. The Morgan fingerprint density at radius 1 is 1.23 bits per heavy atom. The average Bonchev–Trinajstić information content (AvgIpc) is 3.17. The van der Waals surface area contributed by atoms with Crippen molar-refractivity contribution in [1.29, 1.82) is 0 Å². The first-order valence-electron chi connectivity index (χ1n) is 9.11. The van der Waals surface area contributed by atoms with Gasteiger partial charge in [0, 0.05) is 27.7 Å². The van der Waals surface area contributed by atoms with Gasteiger partial charge in [0.2, 0.25) is 0 Å². The van der Waals surface area contributed by atoms with Gasteiger partial charge in [0.05, 0.1) is 37.4 Å². The molecule has 0 spiro atoms. The van der Waals surface area contributed by atoms with Crippen molar-refractivity contribution in [3.8, 4) is 11.5 Å². The molecule has 2 aromatic carbocycles. The van der Waals surface area contributed by atoms with Crippen molar-refractivity contribution in [2.24, 2.45) is 0 Å². The topological polar surface area (TPSA) is 109 Å². The number of anilines is 1. The number of hydrogen-bond donors (Lipinski definition) is 1. The number of nitro groups is 1. The standard InChI is InChI=1S/C20H18Cl2N4O5/c1-3-31-18-10-16(26(28)29)12(9-17(18)30-2)20(27)24-19-7-8-23-25(19)11-13-14(21)5-4-6-15(13)22/h4-10H,3,11H2,1-2H3,(H,24,27). The fourth-order valence-electron chi connectivity index (χ4n) is 2.89. The second-order valence-corrected chi connectivity index (χ2v) is 7.05. The van der Waals surface area contributed by atoms with Crippen LogP contribution in [0.3, 0.4) is 0 Å². The van der Waals surface area contributed by atoms with Gasteiger partial charge in [-0.15, -0.1) is 0 Å². The highest BCUT2D eigenvalue weighted by molar-refractivity contribution is 6.36. The van der Waals surface area contributed by atoms with Crippen LogP contribution < -0.4 is 14.8 Å². The Morgan fingerprint density at radius 3 is 2.55 bits per heavy atom.